The zero-order valence-electron chi connectivity index (χ0n) is 10.9. The van der Waals surface area contributed by atoms with Crippen LogP contribution in [0, 0.1) is 0 Å². The molecule has 5 heteroatoms. The van der Waals surface area contributed by atoms with Gasteiger partial charge in [0, 0.05) is 31.1 Å². The number of aromatic nitrogens is 1. The molecule has 4 nitrogen and oxygen atoms in total. The highest BCUT2D eigenvalue weighted by Gasteiger charge is 2.26. The molecule has 1 aromatic rings. The van der Waals surface area contributed by atoms with E-state index in [1.165, 1.54) is 16.4 Å². The van der Waals surface area contributed by atoms with Gasteiger partial charge in [-0.1, -0.05) is 0 Å². The molecule has 0 radical (unpaired) electrons. The van der Waals surface area contributed by atoms with Gasteiger partial charge in [-0.2, -0.15) is 0 Å². The van der Waals surface area contributed by atoms with E-state index < -0.39 is 0 Å². The summed E-state index contributed by atoms with van der Waals surface area (Å²) < 4.78 is 5.41. The second kappa shape index (κ2) is 5.15. The van der Waals surface area contributed by atoms with Crippen molar-refractivity contribution in [3.63, 3.8) is 0 Å². The Balaban J connectivity index is 1.74. The predicted molar refractivity (Wildman–Crippen MR) is 74.2 cm³/mol. The van der Waals surface area contributed by atoms with E-state index in [0.29, 0.717) is 6.10 Å². The van der Waals surface area contributed by atoms with Gasteiger partial charge in [0.15, 0.2) is 5.13 Å². The Morgan fingerprint density at radius 2 is 2.11 bits per heavy atom. The van der Waals surface area contributed by atoms with Crippen LogP contribution in [0.4, 0.5) is 5.13 Å². The first-order chi connectivity index (χ1) is 8.78. The van der Waals surface area contributed by atoms with E-state index in [4.69, 9.17) is 15.5 Å². The number of methoxy groups -OCH3 is 1. The van der Waals surface area contributed by atoms with Crippen molar-refractivity contribution in [2.45, 2.75) is 44.2 Å². The van der Waals surface area contributed by atoms with Gasteiger partial charge in [-0.15, -0.1) is 11.3 Å². The molecule has 1 aromatic heterocycles. The fourth-order valence-electron chi connectivity index (χ4n) is 2.86. The molecule has 1 atom stereocenters. The molecule has 1 aliphatic carbocycles. The Hall–Kier alpha value is -0.650. The summed E-state index contributed by atoms with van der Waals surface area (Å²) in [7, 11) is 1.81. The predicted octanol–water partition coefficient (Wildman–Crippen LogP) is 2.09. The third kappa shape index (κ3) is 2.27. The molecule has 0 saturated carbocycles. The molecule has 3 rings (SSSR count). The van der Waals surface area contributed by atoms with Crippen molar-refractivity contribution in [1.29, 1.82) is 0 Å². The summed E-state index contributed by atoms with van der Waals surface area (Å²) in [4.78, 5) is 8.59. The molecule has 0 spiro atoms. The van der Waals surface area contributed by atoms with Crippen LogP contribution in [-0.2, 0) is 11.2 Å². The van der Waals surface area contributed by atoms with Gasteiger partial charge in [0.25, 0.3) is 0 Å². The van der Waals surface area contributed by atoms with E-state index in [2.05, 4.69) is 4.90 Å². The summed E-state index contributed by atoms with van der Waals surface area (Å²) >= 11 is 1.85. The Labute approximate surface area is 112 Å². The summed E-state index contributed by atoms with van der Waals surface area (Å²) in [5.74, 6) is 0. The summed E-state index contributed by atoms with van der Waals surface area (Å²) in [5.41, 5.74) is 7.30. The zero-order chi connectivity index (χ0) is 12.5. The number of piperidine rings is 1. The molecule has 18 heavy (non-hydrogen) atoms. The van der Waals surface area contributed by atoms with Crippen molar-refractivity contribution in [3.8, 4) is 0 Å². The van der Waals surface area contributed by atoms with Crippen molar-refractivity contribution >= 4 is 16.5 Å². The lowest BCUT2D eigenvalue weighted by atomic mass is 9.99. The number of hydrogen-bond acceptors (Lipinski definition) is 5. The second-order valence-electron chi connectivity index (χ2n) is 5.23. The molecule has 0 amide bonds. The normalized spacial score (nSPS) is 25.2. The monoisotopic (exact) mass is 267 g/mol. The molecule has 0 aromatic carbocycles. The topological polar surface area (TPSA) is 51.4 Å². The number of nitrogens with zero attached hydrogens (tertiary/aromatic N) is 2. The lowest BCUT2D eigenvalue weighted by molar-refractivity contribution is 0.0819. The fraction of sp³-hybridized carbons (Fsp3) is 0.769. The maximum Gasteiger partial charge on any atom is 0.185 e. The van der Waals surface area contributed by atoms with Crippen LogP contribution < -0.4 is 10.6 Å². The number of ether oxygens (including phenoxy) is 1. The summed E-state index contributed by atoms with van der Waals surface area (Å²) in [5, 5.41) is 1.17. The summed E-state index contributed by atoms with van der Waals surface area (Å²) in [6.45, 7) is 2.11. The largest absolute Gasteiger partial charge is 0.381 e. The number of rotatable bonds is 2. The van der Waals surface area contributed by atoms with Gasteiger partial charge in [-0.3, -0.25) is 0 Å². The zero-order valence-corrected chi connectivity index (χ0v) is 11.7. The molecular formula is C13H21N3OS. The molecular weight excluding hydrogens is 246 g/mol. The van der Waals surface area contributed by atoms with Crippen LogP contribution in [0.2, 0.25) is 0 Å². The van der Waals surface area contributed by atoms with Crippen LogP contribution in [0.3, 0.4) is 0 Å². The van der Waals surface area contributed by atoms with Gasteiger partial charge in [-0.25, -0.2) is 4.98 Å². The standard InChI is InChI=1S/C13H21N3OS/c1-17-9-5-7-16(8-6-9)13-15-12-10(14)3-2-4-11(12)18-13/h9-10H,2-8,14H2,1H3. The highest BCUT2D eigenvalue weighted by molar-refractivity contribution is 7.15. The van der Waals surface area contributed by atoms with Gasteiger partial charge in [0.1, 0.15) is 0 Å². The van der Waals surface area contributed by atoms with Gasteiger partial charge < -0.3 is 15.4 Å². The number of hydrogen-bond donors (Lipinski definition) is 1. The molecule has 1 saturated heterocycles. The van der Waals surface area contributed by atoms with E-state index in [1.807, 2.05) is 11.3 Å². The average Bonchev–Trinajstić information content (AvgIpc) is 2.84. The van der Waals surface area contributed by atoms with Crippen molar-refractivity contribution in [2.75, 3.05) is 25.1 Å². The van der Waals surface area contributed by atoms with E-state index in [0.717, 1.165) is 44.5 Å². The van der Waals surface area contributed by atoms with Crippen LogP contribution in [-0.4, -0.2) is 31.3 Å². The van der Waals surface area contributed by atoms with Crippen LogP contribution in [0.25, 0.3) is 0 Å². The molecule has 1 unspecified atom stereocenters. The minimum atomic E-state index is 0.162. The Morgan fingerprint density at radius 3 is 2.78 bits per heavy atom. The summed E-state index contributed by atoms with van der Waals surface area (Å²) in [6.07, 6.45) is 6.09. The number of anilines is 1. The maximum atomic E-state index is 6.14. The SMILES string of the molecule is COC1CCN(c2nc3c(s2)CCCC3N)CC1. The van der Waals surface area contributed by atoms with Gasteiger partial charge in [0.2, 0.25) is 0 Å². The Kier molecular flexibility index (Phi) is 3.54. The van der Waals surface area contributed by atoms with Crippen molar-refractivity contribution < 1.29 is 4.74 Å². The molecule has 1 aliphatic heterocycles. The van der Waals surface area contributed by atoms with Gasteiger partial charge in [-0.05, 0) is 32.1 Å². The number of aryl methyl sites for hydroxylation is 1. The molecule has 1 fully saturated rings. The molecule has 0 bridgehead atoms. The third-order valence-electron chi connectivity index (χ3n) is 4.03. The highest BCUT2D eigenvalue weighted by atomic mass is 32.1. The third-order valence-corrected chi connectivity index (χ3v) is 5.22. The first-order valence-electron chi connectivity index (χ1n) is 6.81. The number of nitrogens with two attached hydrogens (primary N) is 1. The van der Waals surface area contributed by atoms with Crippen LogP contribution >= 0.6 is 11.3 Å². The summed E-state index contributed by atoms with van der Waals surface area (Å²) in [6, 6.07) is 0.162. The van der Waals surface area contributed by atoms with E-state index in [1.54, 1.807) is 7.11 Å². The van der Waals surface area contributed by atoms with Crippen molar-refractivity contribution in [2.24, 2.45) is 5.73 Å². The van der Waals surface area contributed by atoms with Crippen LogP contribution in [0.15, 0.2) is 0 Å². The van der Waals surface area contributed by atoms with E-state index >= 15 is 0 Å². The van der Waals surface area contributed by atoms with Gasteiger partial charge in [0.05, 0.1) is 11.8 Å². The average molecular weight is 267 g/mol. The van der Waals surface area contributed by atoms with Crippen molar-refractivity contribution in [3.05, 3.63) is 10.6 Å². The minimum Gasteiger partial charge on any atom is -0.381 e. The first-order valence-corrected chi connectivity index (χ1v) is 7.62. The number of fused-ring (bicyclic) bond motifs is 1. The molecule has 2 N–H and O–H groups in total. The minimum absolute atomic E-state index is 0.162. The fourth-order valence-corrected chi connectivity index (χ4v) is 4.08. The maximum absolute atomic E-state index is 6.14. The van der Waals surface area contributed by atoms with Crippen LogP contribution in [0.5, 0.6) is 0 Å². The van der Waals surface area contributed by atoms with E-state index in [-0.39, 0.29) is 6.04 Å². The first kappa shape index (κ1) is 12.4. The highest BCUT2D eigenvalue weighted by Crippen LogP contribution is 2.36. The number of thiazole rings is 1. The molecule has 2 heterocycles. The second-order valence-corrected chi connectivity index (χ2v) is 6.29. The smallest absolute Gasteiger partial charge is 0.185 e. The quantitative estimate of drug-likeness (QED) is 0.891. The molecule has 100 valence electrons. The van der Waals surface area contributed by atoms with Gasteiger partial charge >= 0.3 is 0 Å². The lowest BCUT2D eigenvalue weighted by Gasteiger charge is -2.30. The van der Waals surface area contributed by atoms with E-state index in [9.17, 15) is 0 Å². The lowest BCUT2D eigenvalue weighted by Crippen LogP contribution is -2.36. The Bertz CT molecular complexity index is 412. The Morgan fingerprint density at radius 1 is 1.33 bits per heavy atom. The van der Waals surface area contributed by atoms with Crippen molar-refractivity contribution in [1.82, 2.24) is 4.98 Å². The molecule has 2 aliphatic rings. The van der Waals surface area contributed by atoms with Crippen LogP contribution in [0.1, 0.15) is 42.3 Å².